The zero-order valence-electron chi connectivity index (χ0n) is 21.0. The van der Waals surface area contributed by atoms with Gasteiger partial charge >= 0.3 is 6.18 Å². The van der Waals surface area contributed by atoms with Crippen LogP contribution in [0.5, 0.6) is 0 Å². The molecule has 8 heteroatoms. The molecule has 1 aromatic rings. The largest absolute Gasteiger partial charge is 0.418 e. The number of benzene rings is 1. The van der Waals surface area contributed by atoms with E-state index in [4.69, 9.17) is 4.84 Å². The molecule has 0 spiro atoms. The maximum atomic E-state index is 13.8. The van der Waals surface area contributed by atoms with Crippen LogP contribution in [0.4, 0.5) is 18.9 Å². The van der Waals surface area contributed by atoms with E-state index in [1.54, 1.807) is 11.0 Å². The summed E-state index contributed by atoms with van der Waals surface area (Å²) in [6, 6.07) is 4.32. The van der Waals surface area contributed by atoms with Gasteiger partial charge in [0.2, 0.25) is 5.90 Å². The molecule has 1 fully saturated rings. The number of nitrogens with one attached hydrogen (secondary N) is 1. The highest BCUT2D eigenvalue weighted by molar-refractivity contribution is 5.95. The van der Waals surface area contributed by atoms with Crippen molar-refractivity contribution >= 4 is 17.8 Å². The number of allylic oxidation sites excluding steroid dienone is 3. The summed E-state index contributed by atoms with van der Waals surface area (Å²) in [5.41, 5.74) is 5.51. The van der Waals surface area contributed by atoms with Gasteiger partial charge in [0, 0.05) is 30.6 Å². The van der Waals surface area contributed by atoms with Crippen molar-refractivity contribution in [2.75, 3.05) is 18.0 Å². The Morgan fingerprint density at radius 1 is 1.20 bits per heavy atom. The lowest BCUT2D eigenvalue weighted by molar-refractivity contribution is -0.137. The minimum Gasteiger partial charge on any atom is -0.386 e. The summed E-state index contributed by atoms with van der Waals surface area (Å²) in [5.74, 6) is 0.151. The van der Waals surface area contributed by atoms with Crippen LogP contribution in [-0.4, -0.2) is 31.4 Å². The second-order valence-electron chi connectivity index (χ2n) is 8.44. The summed E-state index contributed by atoms with van der Waals surface area (Å²) in [5, 5.41) is 0. The minimum absolute atomic E-state index is 0.151. The van der Waals surface area contributed by atoms with Gasteiger partial charge in [-0.1, -0.05) is 39.3 Å². The van der Waals surface area contributed by atoms with Crippen molar-refractivity contribution in [2.45, 2.75) is 72.1 Å². The van der Waals surface area contributed by atoms with E-state index in [9.17, 15) is 13.2 Å². The Morgan fingerprint density at radius 2 is 1.94 bits per heavy atom. The summed E-state index contributed by atoms with van der Waals surface area (Å²) in [7, 11) is 0. The quantitative estimate of drug-likeness (QED) is 0.440. The number of anilines is 1. The number of nitrogens with zero attached hydrogens (tertiary/aromatic N) is 3. The Bertz CT molecular complexity index is 1030. The van der Waals surface area contributed by atoms with Gasteiger partial charge in [0.15, 0.2) is 6.17 Å². The molecule has 190 valence electrons. The molecule has 35 heavy (non-hydrogen) atoms. The van der Waals surface area contributed by atoms with Crippen LogP contribution in [0.1, 0.15) is 70.9 Å². The average Bonchev–Trinajstić information content (AvgIpc) is 3.52. The van der Waals surface area contributed by atoms with Gasteiger partial charge in [-0.15, -0.1) is 5.48 Å². The van der Waals surface area contributed by atoms with Crippen LogP contribution in [0.2, 0.25) is 0 Å². The number of hydrogen-bond donors (Lipinski definition) is 1. The Labute approximate surface area is 206 Å². The first kappa shape index (κ1) is 26.7. The summed E-state index contributed by atoms with van der Waals surface area (Å²) >= 11 is 0. The SMILES string of the molecule is CC.CCCC=NC1=CC(C2N=C(c3ccc(N4CCCC4)c(C(F)(F)F)c3)ON2)=CCC=C1C. The second kappa shape index (κ2) is 12.2. The van der Waals surface area contributed by atoms with Crippen LogP contribution in [0.3, 0.4) is 0 Å². The van der Waals surface area contributed by atoms with E-state index in [-0.39, 0.29) is 11.6 Å². The summed E-state index contributed by atoms with van der Waals surface area (Å²) in [6.45, 7) is 9.39. The van der Waals surface area contributed by atoms with Gasteiger partial charge in [-0.2, -0.15) is 13.2 Å². The molecule has 0 saturated carbocycles. The third-order valence-corrected chi connectivity index (χ3v) is 5.96. The first-order chi connectivity index (χ1) is 16.9. The van der Waals surface area contributed by atoms with Crippen molar-refractivity contribution in [1.29, 1.82) is 0 Å². The first-order valence-corrected chi connectivity index (χ1v) is 12.4. The minimum atomic E-state index is -4.46. The molecular weight excluding hydrogens is 453 g/mol. The second-order valence-corrected chi connectivity index (χ2v) is 8.44. The molecule has 0 bridgehead atoms. The van der Waals surface area contributed by atoms with Crippen LogP contribution in [-0.2, 0) is 11.0 Å². The fourth-order valence-corrected chi connectivity index (χ4v) is 4.12. The van der Waals surface area contributed by atoms with Gasteiger partial charge in [-0.3, -0.25) is 4.99 Å². The van der Waals surface area contributed by atoms with E-state index in [0.717, 1.165) is 55.0 Å². The zero-order valence-corrected chi connectivity index (χ0v) is 21.0. The number of aliphatic imine (C=N–C) groups is 2. The van der Waals surface area contributed by atoms with Crippen LogP contribution in [0.15, 0.2) is 63.3 Å². The van der Waals surface area contributed by atoms with Crippen molar-refractivity contribution < 1.29 is 18.0 Å². The molecule has 1 atom stereocenters. The van der Waals surface area contributed by atoms with Gasteiger partial charge in [0.05, 0.1) is 11.3 Å². The molecule has 5 nitrogen and oxygen atoms in total. The topological polar surface area (TPSA) is 49.2 Å². The highest BCUT2D eigenvalue weighted by atomic mass is 19.4. The molecule has 2 aliphatic heterocycles. The molecular formula is C27H35F3N4O. The van der Waals surface area contributed by atoms with Gasteiger partial charge in [-0.25, -0.2) is 4.99 Å². The molecule has 1 aliphatic carbocycles. The molecule has 1 unspecified atom stereocenters. The van der Waals surface area contributed by atoms with Crippen LogP contribution in [0.25, 0.3) is 0 Å². The Kier molecular flexibility index (Phi) is 9.32. The monoisotopic (exact) mass is 488 g/mol. The van der Waals surface area contributed by atoms with E-state index in [1.165, 1.54) is 6.07 Å². The molecule has 1 N–H and O–H groups in total. The number of halogens is 3. The number of rotatable bonds is 6. The fraction of sp³-hybridized carbons (Fsp3) is 0.481. The molecule has 3 aliphatic rings. The molecule has 4 rings (SSSR count). The molecule has 0 radical (unpaired) electrons. The normalized spacial score (nSPS) is 20.4. The van der Waals surface area contributed by atoms with Gasteiger partial charge in [0.1, 0.15) is 0 Å². The lowest BCUT2D eigenvalue weighted by Gasteiger charge is -2.23. The number of hydrogen-bond acceptors (Lipinski definition) is 5. The maximum Gasteiger partial charge on any atom is 0.418 e. The van der Waals surface area contributed by atoms with Gasteiger partial charge in [0.25, 0.3) is 0 Å². The molecule has 1 aromatic carbocycles. The number of alkyl halides is 3. The van der Waals surface area contributed by atoms with E-state index in [1.807, 2.05) is 39.1 Å². The Morgan fingerprint density at radius 3 is 2.63 bits per heavy atom. The van der Waals surface area contributed by atoms with Gasteiger partial charge < -0.3 is 9.74 Å². The lowest BCUT2D eigenvalue weighted by atomic mass is 10.1. The van der Waals surface area contributed by atoms with Crippen LogP contribution in [0, 0.1) is 0 Å². The summed E-state index contributed by atoms with van der Waals surface area (Å²) < 4.78 is 41.5. The molecule has 0 aromatic heterocycles. The predicted octanol–water partition coefficient (Wildman–Crippen LogP) is 6.97. The first-order valence-electron chi connectivity index (χ1n) is 12.4. The standard InChI is InChI=1S/C25H29F3N4O.C2H6/c1-3-4-12-29-21-16-18(9-7-8-17(21)2)23-30-24(33-31-23)19-10-11-22(32-13-5-6-14-32)20(15-19)25(26,27)28;1-2/h8-12,15-16,23,31H,3-7,13-14H2,1-2H3;1-2H3. The van der Waals surface area contributed by atoms with Crippen molar-refractivity contribution in [3.8, 4) is 0 Å². The highest BCUT2D eigenvalue weighted by Crippen LogP contribution is 2.38. The number of hydroxylamine groups is 1. The lowest BCUT2D eigenvalue weighted by Crippen LogP contribution is -2.23. The van der Waals surface area contributed by atoms with E-state index in [2.05, 4.69) is 28.5 Å². The Balaban J connectivity index is 0.00000167. The van der Waals surface area contributed by atoms with E-state index < -0.39 is 17.9 Å². The third-order valence-electron chi connectivity index (χ3n) is 5.96. The van der Waals surface area contributed by atoms with Crippen molar-refractivity contribution in [2.24, 2.45) is 9.98 Å². The molecule has 1 saturated heterocycles. The molecule has 0 amide bonds. The maximum absolute atomic E-state index is 13.8. The Hall–Kier alpha value is -2.87. The molecule has 2 heterocycles. The van der Waals surface area contributed by atoms with E-state index >= 15 is 0 Å². The fourth-order valence-electron chi connectivity index (χ4n) is 4.12. The third kappa shape index (κ3) is 6.63. The van der Waals surface area contributed by atoms with Crippen LogP contribution < -0.4 is 10.4 Å². The predicted molar refractivity (Wildman–Crippen MR) is 137 cm³/mol. The van der Waals surface area contributed by atoms with Crippen molar-refractivity contribution in [3.63, 3.8) is 0 Å². The smallest absolute Gasteiger partial charge is 0.386 e. The average molecular weight is 489 g/mol. The summed E-state index contributed by atoms with van der Waals surface area (Å²) in [6.07, 6.45) is 7.45. The highest BCUT2D eigenvalue weighted by Gasteiger charge is 2.36. The summed E-state index contributed by atoms with van der Waals surface area (Å²) in [4.78, 5) is 16.4. The zero-order chi connectivity index (χ0) is 25.4. The van der Waals surface area contributed by atoms with E-state index in [0.29, 0.717) is 18.7 Å². The van der Waals surface area contributed by atoms with Gasteiger partial charge in [-0.05, 0) is 68.0 Å². The van der Waals surface area contributed by atoms with Crippen molar-refractivity contribution in [1.82, 2.24) is 5.48 Å². The van der Waals surface area contributed by atoms with Crippen molar-refractivity contribution in [3.05, 3.63) is 64.4 Å². The van der Waals surface area contributed by atoms with Crippen LogP contribution >= 0.6 is 0 Å². The number of unbranched alkanes of at least 4 members (excludes halogenated alkanes) is 1.